The molecule has 0 radical (unpaired) electrons. The van der Waals surface area contributed by atoms with Crippen molar-refractivity contribution in [2.24, 2.45) is 5.92 Å². The van der Waals surface area contributed by atoms with Gasteiger partial charge in [-0.15, -0.1) is 0 Å². The number of carbonyl (C=O) groups is 2. The summed E-state index contributed by atoms with van der Waals surface area (Å²) >= 11 is 0. The van der Waals surface area contributed by atoms with Crippen LogP contribution in [0.25, 0.3) is 11.2 Å². The molecule has 13 nitrogen and oxygen atoms in total. The molecule has 1 aliphatic carbocycles. The molecule has 1 aromatic carbocycles. The standard InChI is InChI=1S/C29H40N10O.C2HF3O2/c1-35(2)12-17-38-21-31-26-27(32-25(18-30)33-28(26)38)34-39(20-22-6-4-5-7-22)29(40)24-10-8-23(9-11-24)19-37-15-13-36(3)14-16-37;3-2(4,5)1(6)7/h8-11,21-22H,4-7,12-17,19-20H2,1-3H3,(H,32,33,34);(H,6,7). The molecule has 2 fully saturated rings. The maximum Gasteiger partial charge on any atom is 0.490 e. The van der Waals surface area contributed by atoms with Crippen LogP contribution in [-0.4, -0.2) is 123 Å². The van der Waals surface area contributed by atoms with Crippen LogP contribution in [0.3, 0.4) is 0 Å². The van der Waals surface area contributed by atoms with Crippen molar-refractivity contribution in [1.29, 1.82) is 5.26 Å². The van der Waals surface area contributed by atoms with E-state index in [0.29, 0.717) is 41.6 Å². The zero-order valence-electron chi connectivity index (χ0n) is 26.9. The Bertz CT molecular complexity index is 1540. The number of benzene rings is 1. The molecule has 2 aromatic heterocycles. The van der Waals surface area contributed by atoms with Crippen LogP contribution >= 0.6 is 0 Å². The minimum absolute atomic E-state index is 0.0446. The Morgan fingerprint density at radius 2 is 1.72 bits per heavy atom. The highest BCUT2D eigenvalue weighted by Crippen LogP contribution is 2.27. The summed E-state index contributed by atoms with van der Waals surface area (Å²) in [5, 5.41) is 18.4. The number of alkyl halides is 3. The monoisotopic (exact) mass is 658 g/mol. The van der Waals surface area contributed by atoms with Crippen molar-refractivity contribution in [3.63, 3.8) is 0 Å². The summed E-state index contributed by atoms with van der Waals surface area (Å²) in [5.74, 6) is -2.03. The summed E-state index contributed by atoms with van der Waals surface area (Å²) in [7, 11) is 6.17. The summed E-state index contributed by atoms with van der Waals surface area (Å²) in [6, 6.07) is 10.0. The molecule has 2 aliphatic rings. The molecule has 0 atom stereocenters. The van der Waals surface area contributed by atoms with Gasteiger partial charge in [0, 0.05) is 57.9 Å². The van der Waals surface area contributed by atoms with Crippen LogP contribution in [0, 0.1) is 17.2 Å². The first-order chi connectivity index (χ1) is 22.3. The molecule has 1 saturated heterocycles. The molecule has 16 heteroatoms. The van der Waals surface area contributed by atoms with E-state index >= 15 is 0 Å². The van der Waals surface area contributed by atoms with E-state index in [0.717, 1.165) is 52.1 Å². The topological polar surface area (TPSA) is 147 Å². The lowest BCUT2D eigenvalue weighted by atomic mass is 10.1. The minimum atomic E-state index is -5.08. The first-order valence-corrected chi connectivity index (χ1v) is 15.5. The number of rotatable bonds is 10. The quantitative estimate of drug-likeness (QED) is 0.310. The van der Waals surface area contributed by atoms with E-state index in [1.54, 1.807) is 11.3 Å². The van der Waals surface area contributed by atoms with Gasteiger partial charge in [-0.1, -0.05) is 25.0 Å². The van der Waals surface area contributed by atoms with Crippen LogP contribution in [0.5, 0.6) is 0 Å². The Morgan fingerprint density at radius 1 is 1.09 bits per heavy atom. The number of amides is 1. The van der Waals surface area contributed by atoms with Gasteiger partial charge in [-0.25, -0.2) is 9.78 Å². The molecule has 3 heterocycles. The van der Waals surface area contributed by atoms with Gasteiger partial charge >= 0.3 is 12.1 Å². The molecule has 47 heavy (non-hydrogen) atoms. The maximum atomic E-state index is 13.9. The number of carbonyl (C=O) groups excluding carboxylic acids is 1. The van der Waals surface area contributed by atoms with Crippen LogP contribution in [0.15, 0.2) is 30.6 Å². The minimum Gasteiger partial charge on any atom is -0.475 e. The Labute approximate surface area is 271 Å². The van der Waals surface area contributed by atoms with Crippen LogP contribution < -0.4 is 5.43 Å². The third-order valence-electron chi connectivity index (χ3n) is 8.20. The van der Waals surface area contributed by atoms with Crippen molar-refractivity contribution in [3.05, 3.63) is 47.5 Å². The largest absolute Gasteiger partial charge is 0.490 e. The summed E-state index contributed by atoms with van der Waals surface area (Å²) in [5.41, 5.74) is 6.22. The van der Waals surface area contributed by atoms with Crippen molar-refractivity contribution in [2.45, 2.75) is 44.9 Å². The highest BCUT2D eigenvalue weighted by atomic mass is 19.4. The number of aliphatic carboxylic acids is 1. The van der Waals surface area contributed by atoms with Crippen molar-refractivity contribution in [3.8, 4) is 6.07 Å². The lowest BCUT2D eigenvalue weighted by Gasteiger charge is -2.32. The number of carboxylic acid groups (broad SMARTS) is 1. The van der Waals surface area contributed by atoms with E-state index in [1.165, 1.54) is 18.4 Å². The van der Waals surface area contributed by atoms with Crippen LogP contribution in [0.1, 0.15) is 47.4 Å². The highest BCUT2D eigenvalue weighted by Gasteiger charge is 2.38. The van der Waals surface area contributed by atoms with Crippen molar-refractivity contribution < 1.29 is 27.9 Å². The van der Waals surface area contributed by atoms with E-state index in [9.17, 15) is 23.2 Å². The number of piperazine rings is 1. The van der Waals surface area contributed by atoms with Gasteiger partial charge in [-0.3, -0.25) is 20.1 Å². The van der Waals surface area contributed by atoms with Gasteiger partial charge in [0.15, 0.2) is 17.0 Å². The van der Waals surface area contributed by atoms with Crippen LogP contribution in [0.2, 0.25) is 0 Å². The number of imidazole rings is 1. The zero-order chi connectivity index (χ0) is 34.1. The van der Waals surface area contributed by atoms with E-state index in [2.05, 4.69) is 60.3 Å². The molecule has 0 spiro atoms. The smallest absolute Gasteiger partial charge is 0.475 e. The van der Waals surface area contributed by atoms with Crippen molar-refractivity contribution >= 4 is 28.9 Å². The SMILES string of the molecule is CN(C)CCn1cnc2c(NN(CC3CCCC3)C(=O)c3ccc(CN4CCN(C)CC4)cc3)nc(C#N)nc21.O=C(O)C(F)(F)F. The van der Waals surface area contributed by atoms with Gasteiger partial charge in [-0.2, -0.15) is 28.4 Å². The second-order valence-electron chi connectivity index (χ2n) is 12.2. The number of nitrogens with zero attached hydrogens (tertiary/aromatic N) is 9. The molecule has 1 saturated carbocycles. The number of carboxylic acids is 1. The third-order valence-corrected chi connectivity index (χ3v) is 8.20. The molecule has 1 amide bonds. The van der Waals surface area contributed by atoms with Gasteiger partial charge in [0.05, 0.1) is 6.33 Å². The number of hydrazine groups is 1. The Hall–Kier alpha value is -4.33. The second-order valence-corrected chi connectivity index (χ2v) is 12.2. The maximum absolute atomic E-state index is 13.9. The number of anilines is 1. The normalized spacial score (nSPS) is 16.1. The van der Waals surface area contributed by atoms with Crippen LogP contribution in [-0.2, 0) is 17.9 Å². The predicted molar refractivity (Wildman–Crippen MR) is 168 cm³/mol. The fourth-order valence-corrected chi connectivity index (χ4v) is 5.47. The van der Waals surface area contributed by atoms with Gasteiger partial charge in [-0.05, 0) is 57.6 Å². The summed E-state index contributed by atoms with van der Waals surface area (Å²) in [4.78, 5) is 43.1. The van der Waals surface area contributed by atoms with Gasteiger partial charge in [0.2, 0.25) is 5.82 Å². The average molecular weight is 659 g/mol. The molecule has 0 unspecified atom stereocenters. The van der Waals surface area contributed by atoms with Crippen molar-refractivity contribution in [2.75, 3.05) is 65.8 Å². The molecule has 5 rings (SSSR count). The van der Waals surface area contributed by atoms with E-state index in [1.807, 2.05) is 30.8 Å². The average Bonchev–Trinajstić information content (AvgIpc) is 3.70. The number of likely N-dealkylation sites (N-methyl/N-ethyl adjacent to an activating group) is 2. The number of fused-ring (bicyclic) bond motifs is 1. The fourth-order valence-electron chi connectivity index (χ4n) is 5.47. The molecule has 2 N–H and O–H groups in total. The van der Waals surface area contributed by atoms with Gasteiger partial charge < -0.3 is 19.5 Å². The molecule has 3 aromatic rings. The Morgan fingerprint density at radius 3 is 2.30 bits per heavy atom. The number of nitrogens with one attached hydrogen (secondary N) is 1. The Balaban J connectivity index is 0.000000644. The third kappa shape index (κ3) is 10.1. The number of aromatic nitrogens is 4. The summed E-state index contributed by atoms with van der Waals surface area (Å²) in [6.45, 7) is 7.20. The van der Waals surface area contributed by atoms with E-state index < -0.39 is 12.1 Å². The second kappa shape index (κ2) is 16.0. The van der Waals surface area contributed by atoms with Crippen LogP contribution in [0.4, 0.5) is 19.0 Å². The Kier molecular flexibility index (Phi) is 12.1. The number of halogens is 3. The number of hydrogen-bond acceptors (Lipinski definition) is 10. The first kappa shape index (κ1) is 35.5. The lowest BCUT2D eigenvalue weighted by molar-refractivity contribution is -0.192. The van der Waals surface area contributed by atoms with E-state index in [4.69, 9.17) is 9.90 Å². The lowest BCUT2D eigenvalue weighted by Crippen LogP contribution is -2.43. The number of hydrogen-bond donors (Lipinski definition) is 2. The van der Waals surface area contributed by atoms with Gasteiger partial charge in [0.1, 0.15) is 6.07 Å². The predicted octanol–water partition coefficient (Wildman–Crippen LogP) is 3.30. The molecule has 0 bridgehead atoms. The summed E-state index contributed by atoms with van der Waals surface area (Å²) in [6.07, 6.45) is 1.19. The molecular weight excluding hydrogens is 617 g/mol. The van der Waals surface area contributed by atoms with Gasteiger partial charge in [0.25, 0.3) is 5.91 Å². The molecule has 1 aliphatic heterocycles. The van der Waals surface area contributed by atoms with Crippen molar-refractivity contribution in [1.82, 2.24) is 39.2 Å². The highest BCUT2D eigenvalue weighted by molar-refractivity contribution is 5.95. The first-order valence-electron chi connectivity index (χ1n) is 15.5. The number of nitriles is 1. The molecule has 254 valence electrons. The zero-order valence-corrected chi connectivity index (χ0v) is 26.9. The van der Waals surface area contributed by atoms with E-state index in [-0.39, 0.29) is 11.7 Å². The molecular formula is C31H41F3N10O3. The fraction of sp³-hybridized carbons (Fsp3) is 0.548. The summed E-state index contributed by atoms with van der Waals surface area (Å²) < 4.78 is 33.7.